The second-order valence-electron chi connectivity index (χ2n) is 7.14. The SMILES string of the molecule is CCNC1CCC(C)(C)CC1Sc1n[nH]c(=O)n1C1CC1. The molecule has 0 aromatic carbocycles. The van der Waals surface area contributed by atoms with Crippen molar-refractivity contribution in [3.05, 3.63) is 10.5 Å². The van der Waals surface area contributed by atoms with Crippen molar-refractivity contribution in [3.63, 3.8) is 0 Å². The largest absolute Gasteiger partial charge is 0.344 e. The summed E-state index contributed by atoms with van der Waals surface area (Å²) in [5.74, 6) is 0. The summed E-state index contributed by atoms with van der Waals surface area (Å²) in [6.07, 6.45) is 5.86. The maximum absolute atomic E-state index is 11.9. The summed E-state index contributed by atoms with van der Waals surface area (Å²) in [5, 5.41) is 11.9. The quantitative estimate of drug-likeness (QED) is 0.877. The Balaban J connectivity index is 1.78. The molecule has 3 rings (SSSR count). The topological polar surface area (TPSA) is 62.7 Å². The molecule has 2 fully saturated rings. The van der Waals surface area contributed by atoms with Crippen molar-refractivity contribution in [3.8, 4) is 0 Å². The van der Waals surface area contributed by atoms with Crippen LogP contribution in [0.3, 0.4) is 0 Å². The first-order valence-corrected chi connectivity index (χ1v) is 8.95. The van der Waals surface area contributed by atoms with Crippen LogP contribution in [0, 0.1) is 5.41 Å². The van der Waals surface area contributed by atoms with Crippen LogP contribution in [0.2, 0.25) is 0 Å². The number of nitrogens with zero attached hydrogens (tertiary/aromatic N) is 2. The Morgan fingerprint density at radius 3 is 2.86 bits per heavy atom. The maximum atomic E-state index is 11.9. The van der Waals surface area contributed by atoms with Gasteiger partial charge in [0.15, 0.2) is 5.16 Å². The predicted octanol–water partition coefficient (Wildman–Crippen LogP) is 2.56. The molecule has 21 heavy (non-hydrogen) atoms. The fraction of sp³-hybridized carbons (Fsp3) is 0.867. The Kier molecular flexibility index (Phi) is 4.19. The second kappa shape index (κ2) is 5.80. The van der Waals surface area contributed by atoms with Gasteiger partial charge in [-0.2, -0.15) is 0 Å². The molecule has 2 aliphatic carbocycles. The van der Waals surface area contributed by atoms with Gasteiger partial charge in [0.05, 0.1) is 0 Å². The molecule has 0 spiro atoms. The number of rotatable bonds is 5. The lowest BCUT2D eigenvalue weighted by Gasteiger charge is -2.40. The van der Waals surface area contributed by atoms with Crippen LogP contribution in [0.1, 0.15) is 58.9 Å². The summed E-state index contributed by atoms with van der Waals surface area (Å²) in [6.45, 7) is 7.86. The average Bonchev–Trinajstić information content (AvgIpc) is 3.18. The van der Waals surface area contributed by atoms with Crippen LogP contribution in [0.4, 0.5) is 0 Å². The van der Waals surface area contributed by atoms with Crippen LogP contribution < -0.4 is 11.0 Å². The molecule has 1 aromatic rings. The highest BCUT2D eigenvalue weighted by atomic mass is 32.2. The molecular formula is C15H26N4OS. The fourth-order valence-corrected chi connectivity index (χ4v) is 4.95. The molecule has 2 atom stereocenters. The van der Waals surface area contributed by atoms with E-state index in [1.807, 2.05) is 4.57 Å². The number of aromatic nitrogens is 3. The van der Waals surface area contributed by atoms with Gasteiger partial charge in [0.25, 0.3) is 0 Å². The van der Waals surface area contributed by atoms with Crippen LogP contribution in [0.25, 0.3) is 0 Å². The van der Waals surface area contributed by atoms with E-state index in [2.05, 4.69) is 36.3 Å². The van der Waals surface area contributed by atoms with Crippen molar-refractivity contribution in [1.82, 2.24) is 20.1 Å². The van der Waals surface area contributed by atoms with E-state index in [1.165, 1.54) is 19.3 Å². The Morgan fingerprint density at radius 1 is 1.43 bits per heavy atom. The molecule has 2 N–H and O–H groups in total. The molecule has 0 radical (unpaired) electrons. The summed E-state index contributed by atoms with van der Waals surface area (Å²) >= 11 is 1.79. The molecule has 0 bridgehead atoms. The lowest BCUT2D eigenvalue weighted by Crippen LogP contribution is -2.44. The highest BCUT2D eigenvalue weighted by Crippen LogP contribution is 2.43. The van der Waals surface area contributed by atoms with Crippen LogP contribution in [0.5, 0.6) is 0 Å². The smallest absolute Gasteiger partial charge is 0.313 e. The van der Waals surface area contributed by atoms with Gasteiger partial charge in [-0.3, -0.25) is 4.57 Å². The summed E-state index contributed by atoms with van der Waals surface area (Å²) < 4.78 is 1.87. The highest BCUT2D eigenvalue weighted by Gasteiger charge is 2.37. The minimum Gasteiger partial charge on any atom is -0.313 e. The van der Waals surface area contributed by atoms with Gasteiger partial charge in [-0.1, -0.05) is 32.5 Å². The van der Waals surface area contributed by atoms with E-state index >= 15 is 0 Å². The molecule has 2 saturated carbocycles. The second-order valence-corrected chi connectivity index (χ2v) is 8.35. The lowest BCUT2D eigenvalue weighted by atomic mass is 9.75. The van der Waals surface area contributed by atoms with E-state index in [-0.39, 0.29) is 5.69 Å². The number of thioether (sulfide) groups is 1. The molecule has 2 unspecified atom stereocenters. The summed E-state index contributed by atoms with van der Waals surface area (Å²) in [5.41, 5.74) is 0.333. The number of hydrogen-bond donors (Lipinski definition) is 2. The summed E-state index contributed by atoms with van der Waals surface area (Å²) in [7, 11) is 0. The zero-order chi connectivity index (χ0) is 15.0. The molecule has 0 amide bonds. The monoisotopic (exact) mass is 310 g/mol. The lowest BCUT2D eigenvalue weighted by molar-refractivity contribution is 0.215. The van der Waals surface area contributed by atoms with Gasteiger partial charge in [-0.15, -0.1) is 5.10 Å². The van der Waals surface area contributed by atoms with Crippen LogP contribution in [-0.2, 0) is 0 Å². The zero-order valence-corrected chi connectivity index (χ0v) is 14.0. The highest BCUT2D eigenvalue weighted by molar-refractivity contribution is 7.99. The van der Waals surface area contributed by atoms with E-state index in [1.54, 1.807) is 11.8 Å². The van der Waals surface area contributed by atoms with Gasteiger partial charge in [0.1, 0.15) is 0 Å². The maximum Gasteiger partial charge on any atom is 0.344 e. The number of H-pyrrole nitrogens is 1. The molecule has 0 saturated heterocycles. The van der Waals surface area contributed by atoms with Crippen LogP contribution in [-0.4, -0.2) is 32.6 Å². The van der Waals surface area contributed by atoms with Crippen LogP contribution in [0.15, 0.2) is 9.95 Å². The van der Waals surface area contributed by atoms with Gasteiger partial charge in [-0.25, -0.2) is 9.89 Å². The third-order valence-corrected chi connectivity index (χ3v) is 5.94. The van der Waals surface area contributed by atoms with E-state index in [0.717, 1.165) is 24.5 Å². The first kappa shape index (κ1) is 15.2. The van der Waals surface area contributed by atoms with Crippen molar-refractivity contribution >= 4 is 11.8 Å². The zero-order valence-electron chi connectivity index (χ0n) is 13.2. The van der Waals surface area contributed by atoms with Crippen molar-refractivity contribution in [2.75, 3.05) is 6.54 Å². The van der Waals surface area contributed by atoms with E-state index in [9.17, 15) is 4.79 Å². The van der Waals surface area contributed by atoms with E-state index < -0.39 is 0 Å². The normalized spacial score (nSPS) is 28.7. The first-order valence-electron chi connectivity index (χ1n) is 8.07. The van der Waals surface area contributed by atoms with E-state index in [4.69, 9.17) is 0 Å². The molecule has 6 heteroatoms. The van der Waals surface area contributed by atoms with Crippen molar-refractivity contribution in [2.24, 2.45) is 5.41 Å². The van der Waals surface area contributed by atoms with Crippen molar-refractivity contribution in [1.29, 1.82) is 0 Å². The molecular weight excluding hydrogens is 284 g/mol. The molecule has 1 heterocycles. The molecule has 5 nitrogen and oxygen atoms in total. The third-order valence-electron chi connectivity index (χ3n) is 4.64. The number of hydrogen-bond acceptors (Lipinski definition) is 4. The van der Waals surface area contributed by atoms with E-state index in [0.29, 0.717) is 22.7 Å². The third kappa shape index (κ3) is 3.37. The van der Waals surface area contributed by atoms with Crippen molar-refractivity contribution < 1.29 is 0 Å². The van der Waals surface area contributed by atoms with Crippen molar-refractivity contribution in [2.45, 2.75) is 75.4 Å². The van der Waals surface area contributed by atoms with Gasteiger partial charge in [0.2, 0.25) is 0 Å². The van der Waals surface area contributed by atoms with Gasteiger partial charge < -0.3 is 5.32 Å². The Morgan fingerprint density at radius 2 is 2.19 bits per heavy atom. The van der Waals surface area contributed by atoms with Gasteiger partial charge in [-0.05, 0) is 44.1 Å². The van der Waals surface area contributed by atoms with Gasteiger partial charge in [0, 0.05) is 17.3 Å². The number of aromatic amines is 1. The molecule has 118 valence electrons. The first-order chi connectivity index (χ1) is 10.00. The fourth-order valence-electron chi connectivity index (χ4n) is 3.30. The van der Waals surface area contributed by atoms with Gasteiger partial charge >= 0.3 is 5.69 Å². The van der Waals surface area contributed by atoms with Crippen LogP contribution >= 0.6 is 11.8 Å². The molecule has 2 aliphatic rings. The minimum absolute atomic E-state index is 0.0462. The standard InChI is InChI=1S/C15H26N4OS/c1-4-16-11-7-8-15(2,3)9-12(11)21-14-18-17-13(20)19(14)10-5-6-10/h10-12,16H,4-9H2,1-3H3,(H,17,20). The Bertz CT molecular complexity index is 546. The Labute approximate surface area is 130 Å². The predicted molar refractivity (Wildman–Crippen MR) is 85.9 cm³/mol. The Hall–Kier alpha value is -0.750. The molecule has 1 aromatic heterocycles. The average molecular weight is 310 g/mol. The summed E-state index contributed by atoms with van der Waals surface area (Å²) in [6, 6.07) is 0.903. The summed E-state index contributed by atoms with van der Waals surface area (Å²) in [4.78, 5) is 11.9. The number of nitrogens with one attached hydrogen (secondary N) is 2. The minimum atomic E-state index is -0.0462. The molecule has 0 aliphatic heterocycles.